The molecule has 94 valence electrons. The van der Waals surface area contributed by atoms with Gasteiger partial charge in [0.25, 0.3) is 0 Å². The normalized spacial score (nSPS) is 18.9. The standard InChI is InChI=1S/C13H20N2O2/c1-13(6-8-17-9-7-13)14-10-11-4-3-5-12(15-11)16-2/h3-5,14H,6-10H2,1-2H3. The van der Waals surface area contributed by atoms with Crippen molar-refractivity contribution in [3.8, 4) is 5.88 Å². The summed E-state index contributed by atoms with van der Waals surface area (Å²) < 4.78 is 10.5. The minimum absolute atomic E-state index is 0.170. The first-order valence-electron chi connectivity index (χ1n) is 6.05. The predicted octanol–water partition coefficient (Wildman–Crippen LogP) is 1.75. The van der Waals surface area contributed by atoms with Crippen molar-refractivity contribution in [2.24, 2.45) is 0 Å². The number of rotatable bonds is 4. The van der Waals surface area contributed by atoms with E-state index in [1.54, 1.807) is 7.11 Å². The lowest BCUT2D eigenvalue weighted by Crippen LogP contribution is -2.46. The Hall–Kier alpha value is -1.13. The van der Waals surface area contributed by atoms with Crippen LogP contribution in [0.5, 0.6) is 5.88 Å². The maximum Gasteiger partial charge on any atom is 0.213 e. The van der Waals surface area contributed by atoms with Crippen molar-refractivity contribution in [1.29, 1.82) is 0 Å². The Bertz CT molecular complexity index is 362. The Balaban J connectivity index is 1.92. The van der Waals surface area contributed by atoms with Crippen LogP contribution in [0.25, 0.3) is 0 Å². The van der Waals surface area contributed by atoms with Crippen molar-refractivity contribution in [1.82, 2.24) is 10.3 Å². The molecule has 0 aromatic carbocycles. The summed E-state index contributed by atoms with van der Waals surface area (Å²) >= 11 is 0. The maximum absolute atomic E-state index is 5.38. The SMILES string of the molecule is COc1cccc(CNC2(C)CCOCC2)n1. The van der Waals surface area contributed by atoms with E-state index in [2.05, 4.69) is 17.2 Å². The molecule has 0 saturated carbocycles. The zero-order chi connectivity index (χ0) is 12.1. The Morgan fingerprint density at radius 2 is 2.18 bits per heavy atom. The van der Waals surface area contributed by atoms with Crippen molar-refractivity contribution in [2.75, 3.05) is 20.3 Å². The van der Waals surface area contributed by atoms with Crippen LogP contribution in [0.3, 0.4) is 0 Å². The Labute approximate surface area is 102 Å². The van der Waals surface area contributed by atoms with Crippen LogP contribution in [-0.2, 0) is 11.3 Å². The van der Waals surface area contributed by atoms with Crippen LogP contribution < -0.4 is 10.1 Å². The summed E-state index contributed by atoms with van der Waals surface area (Å²) in [5, 5.41) is 3.57. The van der Waals surface area contributed by atoms with Gasteiger partial charge in [-0.05, 0) is 25.8 Å². The van der Waals surface area contributed by atoms with Crippen molar-refractivity contribution >= 4 is 0 Å². The quantitative estimate of drug-likeness (QED) is 0.865. The monoisotopic (exact) mass is 236 g/mol. The van der Waals surface area contributed by atoms with Crippen molar-refractivity contribution < 1.29 is 9.47 Å². The lowest BCUT2D eigenvalue weighted by Gasteiger charge is -2.34. The fourth-order valence-electron chi connectivity index (χ4n) is 1.97. The van der Waals surface area contributed by atoms with E-state index in [9.17, 15) is 0 Å². The number of aromatic nitrogens is 1. The van der Waals surface area contributed by atoms with Crippen molar-refractivity contribution in [3.63, 3.8) is 0 Å². The van der Waals surface area contributed by atoms with Gasteiger partial charge in [0, 0.05) is 31.4 Å². The average molecular weight is 236 g/mol. The second kappa shape index (κ2) is 5.47. The van der Waals surface area contributed by atoms with Crippen molar-refractivity contribution in [3.05, 3.63) is 23.9 Å². The van der Waals surface area contributed by atoms with Crippen LogP contribution >= 0.6 is 0 Å². The summed E-state index contributed by atoms with van der Waals surface area (Å²) in [4.78, 5) is 4.39. The molecule has 2 heterocycles. The summed E-state index contributed by atoms with van der Waals surface area (Å²) in [7, 11) is 1.64. The highest BCUT2D eigenvalue weighted by Crippen LogP contribution is 2.20. The van der Waals surface area contributed by atoms with E-state index < -0.39 is 0 Å². The molecule has 0 radical (unpaired) electrons. The number of hydrogen-bond donors (Lipinski definition) is 1. The second-order valence-electron chi connectivity index (χ2n) is 4.70. The molecule has 17 heavy (non-hydrogen) atoms. The molecule has 0 atom stereocenters. The molecule has 1 saturated heterocycles. The summed E-state index contributed by atoms with van der Waals surface area (Å²) in [6, 6.07) is 5.84. The van der Waals surface area contributed by atoms with Crippen LogP contribution in [0.15, 0.2) is 18.2 Å². The fourth-order valence-corrected chi connectivity index (χ4v) is 1.97. The van der Waals surface area contributed by atoms with Crippen LogP contribution in [0.1, 0.15) is 25.5 Å². The number of ether oxygens (including phenoxy) is 2. The molecule has 0 amide bonds. The van der Waals surface area contributed by atoms with Gasteiger partial charge < -0.3 is 14.8 Å². The Morgan fingerprint density at radius 3 is 2.88 bits per heavy atom. The number of nitrogens with one attached hydrogen (secondary N) is 1. The molecule has 4 heteroatoms. The van der Waals surface area contributed by atoms with Gasteiger partial charge in [0.2, 0.25) is 5.88 Å². The minimum Gasteiger partial charge on any atom is -0.481 e. The topological polar surface area (TPSA) is 43.4 Å². The van der Waals surface area contributed by atoms with Gasteiger partial charge >= 0.3 is 0 Å². The molecule has 4 nitrogen and oxygen atoms in total. The van der Waals surface area contributed by atoms with E-state index in [1.807, 2.05) is 18.2 Å². The molecule has 1 aromatic heterocycles. The molecule has 0 bridgehead atoms. The van der Waals surface area contributed by atoms with E-state index in [-0.39, 0.29) is 5.54 Å². The molecule has 2 rings (SSSR count). The van der Waals surface area contributed by atoms with E-state index in [0.29, 0.717) is 5.88 Å². The third-order valence-corrected chi connectivity index (χ3v) is 3.28. The summed E-state index contributed by atoms with van der Waals surface area (Å²) in [6.07, 6.45) is 2.11. The molecule has 0 aliphatic carbocycles. The third-order valence-electron chi connectivity index (χ3n) is 3.28. The lowest BCUT2D eigenvalue weighted by atomic mass is 9.92. The van der Waals surface area contributed by atoms with Crippen molar-refractivity contribution in [2.45, 2.75) is 31.8 Å². The molecular weight excluding hydrogens is 216 g/mol. The predicted molar refractivity (Wildman–Crippen MR) is 66.1 cm³/mol. The first kappa shape index (κ1) is 12.3. The smallest absolute Gasteiger partial charge is 0.213 e. The minimum atomic E-state index is 0.170. The first-order valence-corrected chi connectivity index (χ1v) is 6.05. The third kappa shape index (κ3) is 3.41. The van der Waals surface area contributed by atoms with E-state index in [0.717, 1.165) is 38.3 Å². The van der Waals surface area contributed by atoms with Gasteiger partial charge in [-0.1, -0.05) is 6.07 Å². The Morgan fingerprint density at radius 1 is 1.41 bits per heavy atom. The fraction of sp³-hybridized carbons (Fsp3) is 0.615. The van der Waals surface area contributed by atoms with Gasteiger partial charge in [-0.15, -0.1) is 0 Å². The number of nitrogens with zero attached hydrogens (tertiary/aromatic N) is 1. The van der Waals surface area contributed by atoms with Crippen LogP contribution in [0.4, 0.5) is 0 Å². The van der Waals surface area contributed by atoms with Gasteiger partial charge in [-0.3, -0.25) is 0 Å². The highest BCUT2D eigenvalue weighted by molar-refractivity contribution is 5.15. The molecule has 1 N–H and O–H groups in total. The highest BCUT2D eigenvalue weighted by Gasteiger charge is 2.26. The van der Waals surface area contributed by atoms with Gasteiger partial charge in [0.15, 0.2) is 0 Å². The molecule has 1 aliphatic heterocycles. The molecule has 1 aromatic rings. The number of methoxy groups -OCH3 is 1. The van der Waals surface area contributed by atoms with E-state index >= 15 is 0 Å². The molecule has 0 spiro atoms. The summed E-state index contributed by atoms with van der Waals surface area (Å²) in [5.41, 5.74) is 1.18. The summed E-state index contributed by atoms with van der Waals surface area (Å²) in [5.74, 6) is 0.668. The largest absolute Gasteiger partial charge is 0.481 e. The number of pyridine rings is 1. The maximum atomic E-state index is 5.38. The summed E-state index contributed by atoms with van der Waals surface area (Å²) in [6.45, 7) is 4.70. The molecule has 1 fully saturated rings. The van der Waals surface area contributed by atoms with E-state index in [4.69, 9.17) is 9.47 Å². The Kier molecular flexibility index (Phi) is 3.97. The average Bonchev–Trinajstić information content (AvgIpc) is 2.38. The van der Waals surface area contributed by atoms with Crippen LogP contribution in [-0.4, -0.2) is 30.8 Å². The second-order valence-corrected chi connectivity index (χ2v) is 4.70. The molecular formula is C13H20N2O2. The van der Waals surface area contributed by atoms with Gasteiger partial charge in [0.05, 0.1) is 12.8 Å². The highest BCUT2D eigenvalue weighted by atomic mass is 16.5. The first-order chi connectivity index (χ1) is 8.22. The van der Waals surface area contributed by atoms with Crippen LogP contribution in [0, 0.1) is 0 Å². The van der Waals surface area contributed by atoms with Gasteiger partial charge in [-0.2, -0.15) is 0 Å². The lowest BCUT2D eigenvalue weighted by molar-refractivity contribution is 0.0445. The molecule has 0 unspecified atom stereocenters. The van der Waals surface area contributed by atoms with E-state index in [1.165, 1.54) is 0 Å². The van der Waals surface area contributed by atoms with Gasteiger partial charge in [0.1, 0.15) is 0 Å². The van der Waals surface area contributed by atoms with Crippen LogP contribution in [0.2, 0.25) is 0 Å². The molecule has 1 aliphatic rings. The van der Waals surface area contributed by atoms with Gasteiger partial charge in [-0.25, -0.2) is 4.98 Å². The number of hydrogen-bond acceptors (Lipinski definition) is 4. The zero-order valence-corrected chi connectivity index (χ0v) is 10.5. The zero-order valence-electron chi connectivity index (χ0n) is 10.5.